The van der Waals surface area contributed by atoms with Crippen LogP contribution >= 0.6 is 0 Å². The highest BCUT2D eigenvalue weighted by molar-refractivity contribution is 5.84. The van der Waals surface area contributed by atoms with Crippen LogP contribution in [0.4, 0.5) is 0 Å². The van der Waals surface area contributed by atoms with Gasteiger partial charge in [0.2, 0.25) is 6.10 Å². The number of carbonyl (C=O) groups excluding carboxylic acids is 2. The summed E-state index contributed by atoms with van der Waals surface area (Å²) in [7, 11) is 1.17. The number of hydrogen-bond acceptors (Lipinski definition) is 6. The van der Waals surface area contributed by atoms with E-state index in [9.17, 15) is 14.4 Å². The van der Waals surface area contributed by atoms with Crippen molar-refractivity contribution in [2.24, 2.45) is 5.73 Å². The first-order chi connectivity index (χ1) is 9.93. The number of methoxy groups -OCH3 is 1. The fourth-order valence-electron chi connectivity index (χ4n) is 1.63. The summed E-state index contributed by atoms with van der Waals surface area (Å²) < 4.78 is 9.54. The highest BCUT2D eigenvalue weighted by atomic mass is 16.6. The van der Waals surface area contributed by atoms with Crippen molar-refractivity contribution in [2.75, 3.05) is 7.11 Å². The van der Waals surface area contributed by atoms with E-state index in [1.165, 1.54) is 7.11 Å². The molecule has 0 saturated heterocycles. The van der Waals surface area contributed by atoms with Crippen molar-refractivity contribution in [1.82, 2.24) is 0 Å². The summed E-state index contributed by atoms with van der Waals surface area (Å²) in [5.74, 6) is -2.91. The zero-order valence-electron chi connectivity index (χ0n) is 11.5. The molecule has 2 atom stereocenters. The van der Waals surface area contributed by atoms with Crippen LogP contribution in [-0.4, -0.2) is 42.3 Å². The fourth-order valence-corrected chi connectivity index (χ4v) is 1.63. The van der Waals surface area contributed by atoms with E-state index in [1.807, 2.05) is 6.07 Å². The van der Waals surface area contributed by atoms with E-state index in [0.717, 1.165) is 5.56 Å². The van der Waals surface area contributed by atoms with Crippen molar-refractivity contribution in [3.05, 3.63) is 35.9 Å². The second kappa shape index (κ2) is 8.01. The number of nitrogens with two attached hydrogens (primary N) is 1. The third-order valence-electron chi connectivity index (χ3n) is 2.68. The molecule has 0 aliphatic heterocycles. The third kappa shape index (κ3) is 5.62. The molecule has 1 aromatic rings. The monoisotopic (exact) mass is 295 g/mol. The smallest absolute Gasteiger partial charge is 0.347 e. The van der Waals surface area contributed by atoms with E-state index >= 15 is 0 Å². The van der Waals surface area contributed by atoms with Gasteiger partial charge in [-0.25, -0.2) is 4.79 Å². The number of benzene rings is 1. The largest absolute Gasteiger partial charge is 0.481 e. The minimum absolute atomic E-state index is 0.124. The maximum absolute atomic E-state index is 11.7. The number of ether oxygens (including phenoxy) is 2. The predicted molar refractivity (Wildman–Crippen MR) is 72.3 cm³/mol. The summed E-state index contributed by atoms with van der Waals surface area (Å²) in [4.78, 5) is 33.8. The first-order valence-electron chi connectivity index (χ1n) is 6.23. The topological polar surface area (TPSA) is 116 Å². The van der Waals surface area contributed by atoms with Crippen molar-refractivity contribution < 1.29 is 29.0 Å². The lowest BCUT2D eigenvalue weighted by Gasteiger charge is -2.17. The van der Waals surface area contributed by atoms with Crippen LogP contribution in [0, 0.1) is 0 Å². The fraction of sp³-hybridized carbons (Fsp3) is 0.357. The van der Waals surface area contributed by atoms with E-state index < -0.39 is 36.5 Å². The molecule has 0 heterocycles. The Morgan fingerprint density at radius 1 is 1.19 bits per heavy atom. The van der Waals surface area contributed by atoms with Crippen LogP contribution < -0.4 is 5.73 Å². The van der Waals surface area contributed by atoms with Crippen LogP contribution in [0.2, 0.25) is 0 Å². The lowest BCUT2D eigenvalue weighted by atomic mass is 10.1. The van der Waals surface area contributed by atoms with E-state index in [0.29, 0.717) is 0 Å². The number of carboxylic acid groups (broad SMARTS) is 1. The van der Waals surface area contributed by atoms with Crippen LogP contribution in [0.25, 0.3) is 0 Å². The normalized spacial score (nSPS) is 13.0. The highest BCUT2D eigenvalue weighted by Gasteiger charge is 2.28. The molecule has 7 heteroatoms. The molecule has 2 unspecified atom stereocenters. The van der Waals surface area contributed by atoms with E-state index in [4.69, 9.17) is 15.6 Å². The van der Waals surface area contributed by atoms with Crippen molar-refractivity contribution >= 4 is 17.9 Å². The number of rotatable bonds is 7. The number of carbonyl (C=O) groups is 3. The molecule has 1 rings (SSSR count). The summed E-state index contributed by atoms with van der Waals surface area (Å²) in [5, 5.41) is 8.58. The quantitative estimate of drug-likeness (QED) is 0.686. The van der Waals surface area contributed by atoms with Crippen LogP contribution in [0.3, 0.4) is 0 Å². The van der Waals surface area contributed by atoms with Crippen LogP contribution in [-0.2, 0) is 30.3 Å². The third-order valence-corrected chi connectivity index (χ3v) is 2.68. The molecule has 0 aliphatic rings. The molecule has 0 aromatic heterocycles. The Kier molecular flexibility index (Phi) is 6.35. The highest BCUT2D eigenvalue weighted by Crippen LogP contribution is 2.09. The van der Waals surface area contributed by atoms with Gasteiger partial charge in [0.05, 0.1) is 13.5 Å². The van der Waals surface area contributed by atoms with Gasteiger partial charge in [0, 0.05) is 6.42 Å². The van der Waals surface area contributed by atoms with Crippen LogP contribution in [0.5, 0.6) is 0 Å². The standard InChI is InChI=1S/C14H17NO6/c1-20-14(19)11(7-9-5-3-2-4-6-9)21-13(18)10(15)8-12(16)17/h2-6,10-11H,7-8,15H2,1H3,(H,16,17). The minimum Gasteiger partial charge on any atom is -0.481 e. The number of esters is 2. The molecule has 7 nitrogen and oxygen atoms in total. The zero-order valence-corrected chi connectivity index (χ0v) is 11.5. The second-order valence-electron chi connectivity index (χ2n) is 4.34. The summed E-state index contributed by atoms with van der Waals surface area (Å²) in [6.07, 6.45) is -1.61. The van der Waals surface area contributed by atoms with Gasteiger partial charge >= 0.3 is 17.9 Å². The number of aliphatic carboxylic acids is 1. The molecule has 0 spiro atoms. The van der Waals surface area contributed by atoms with Crippen molar-refractivity contribution in [3.8, 4) is 0 Å². The number of hydrogen-bond donors (Lipinski definition) is 2. The molecule has 0 fully saturated rings. The van der Waals surface area contributed by atoms with Gasteiger partial charge in [0.25, 0.3) is 0 Å². The van der Waals surface area contributed by atoms with E-state index in [1.54, 1.807) is 24.3 Å². The molecule has 114 valence electrons. The van der Waals surface area contributed by atoms with Crippen molar-refractivity contribution in [2.45, 2.75) is 25.0 Å². The Labute approximate surface area is 121 Å². The second-order valence-corrected chi connectivity index (χ2v) is 4.34. The molecule has 0 saturated carbocycles. The van der Waals surface area contributed by atoms with Gasteiger partial charge in [-0.1, -0.05) is 30.3 Å². The van der Waals surface area contributed by atoms with Crippen molar-refractivity contribution in [3.63, 3.8) is 0 Å². The maximum atomic E-state index is 11.7. The molecule has 21 heavy (non-hydrogen) atoms. The van der Waals surface area contributed by atoms with Gasteiger partial charge < -0.3 is 20.3 Å². The zero-order chi connectivity index (χ0) is 15.8. The molecular formula is C14H17NO6. The molecule has 0 aliphatic carbocycles. The number of carboxylic acids is 1. The molecular weight excluding hydrogens is 278 g/mol. The summed E-state index contributed by atoms with van der Waals surface area (Å²) in [6, 6.07) is 7.57. The Morgan fingerprint density at radius 3 is 2.33 bits per heavy atom. The first-order valence-corrected chi connectivity index (χ1v) is 6.23. The average molecular weight is 295 g/mol. The molecule has 0 bridgehead atoms. The van der Waals surface area contributed by atoms with Gasteiger partial charge in [-0.2, -0.15) is 0 Å². The van der Waals surface area contributed by atoms with Gasteiger partial charge in [-0.15, -0.1) is 0 Å². The lowest BCUT2D eigenvalue weighted by Crippen LogP contribution is -2.40. The summed E-state index contributed by atoms with van der Waals surface area (Å²) >= 11 is 0. The SMILES string of the molecule is COC(=O)C(Cc1ccccc1)OC(=O)C(N)CC(=O)O. The van der Waals surface area contributed by atoms with Crippen molar-refractivity contribution in [1.29, 1.82) is 0 Å². The van der Waals surface area contributed by atoms with Crippen LogP contribution in [0.15, 0.2) is 30.3 Å². The molecule has 0 radical (unpaired) electrons. The lowest BCUT2D eigenvalue weighted by molar-refractivity contribution is -0.167. The van der Waals surface area contributed by atoms with Gasteiger partial charge in [-0.3, -0.25) is 9.59 Å². The molecule has 3 N–H and O–H groups in total. The van der Waals surface area contributed by atoms with Crippen LogP contribution in [0.1, 0.15) is 12.0 Å². The Hall–Kier alpha value is -2.41. The average Bonchev–Trinajstić information content (AvgIpc) is 2.46. The Balaban J connectivity index is 2.72. The first kappa shape index (κ1) is 16.6. The summed E-state index contributed by atoms with van der Waals surface area (Å²) in [6.45, 7) is 0. The predicted octanol–water partition coefficient (Wildman–Crippen LogP) is 0.116. The van der Waals surface area contributed by atoms with Gasteiger partial charge in [0.15, 0.2) is 0 Å². The van der Waals surface area contributed by atoms with Gasteiger partial charge in [-0.05, 0) is 5.56 Å². The molecule has 1 aromatic carbocycles. The Bertz CT molecular complexity index is 501. The molecule has 0 amide bonds. The summed E-state index contributed by atoms with van der Waals surface area (Å²) in [5.41, 5.74) is 6.16. The van der Waals surface area contributed by atoms with E-state index in [-0.39, 0.29) is 6.42 Å². The maximum Gasteiger partial charge on any atom is 0.347 e. The minimum atomic E-state index is -1.33. The van der Waals surface area contributed by atoms with E-state index in [2.05, 4.69) is 4.74 Å². The Morgan fingerprint density at radius 2 is 1.81 bits per heavy atom. The van der Waals surface area contributed by atoms with Gasteiger partial charge in [0.1, 0.15) is 6.04 Å².